The fourth-order valence-corrected chi connectivity index (χ4v) is 11.3. The molecule has 6 rings (SSSR count). The van der Waals surface area contributed by atoms with Gasteiger partial charge in [-0.15, -0.1) is 0 Å². The van der Waals surface area contributed by atoms with Crippen molar-refractivity contribution in [3.63, 3.8) is 0 Å². The second-order valence-electron chi connectivity index (χ2n) is 20.6. The molecule has 0 amide bonds. The summed E-state index contributed by atoms with van der Waals surface area (Å²) in [5.74, 6) is 2.79. The number of hydrogen-bond acceptors (Lipinski definition) is 17. The number of quaternary nitrogens is 2. The van der Waals surface area contributed by atoms with E-state index in [4.69, 9.17) is 61.6 Å². The van der Waals surface area contributed by atoms with Crippen LogP contribution in [-0.2, 0) is 63.8 Å². The van der Waals surface area contributed by atoms with Crippen molar-refractivity contribution in [1.29, 1.82) is 0 Å². The molecule has 21 heteroatoms. The number of ether oxygens (including phenoxy) is 13. The first-order valence-electron chi connectivity index (χ1n) is 27.4. The zero-order valence-electron chi connectivity index (χ0n) is 49.9. The molecule has 0 aliphatic carbocycles. The van der Waals surface area contributed by atoms with Gasteiger partial charge in [0, 0.05) is 49.7 Å². The monoisotopic (exact) mass is 1370 g/mol. The summed E-state index contributed by atoms with van der Waals surface area (Å²) in [7, 11) is 18.4. The Morgan fingerprint density at radius 3 is 1.21 bits per heavy atom. The van der Waals surface area contributed by atoms with E-state index in [1.54, 1.807) is 77.8 Å². The van der Waals surface area contributed by atoms with Gasteiger partial charge in [-0.25, -0.2) is 9.59 Å². The first kappa shape index (κ1) is 68.8. The summed E-state index contributed by atoms with van der Waals surface area (Å²) in [6.45, 7) is 5.19. The van der Waals surface area contributed by atoms with E-state index in [1.807, 2.05) is 54.6 Å². The number of hydrogen-bond donors (Lipinski definition) is 0. The number of fused-ring (bicyclic) bond motifs is 2. The van der Waals surface area contributed by atoms with Crippen molar-refractivity contribution >= 4 is 23.9 Å². The lowest BCUT2D eigenvalue weighted by molar-refractivity contribution is -0.943. The molecule has 0 N–H and O–H groups in total. The van der Waals surface area contributed by atoms with Gasteiger partial charge in [-0.05, 0) is 97.5 Å². The lowest BCUT2D eigenvalue weighted by Gasteiger charge is -2.47. The normalized spacial score (nSPS) is 18.5. The maximum atomic E-state index is 13.7. The second-order valence-corrected chi connectivity index (χ2v) is 20.6. The van der Waals surface area contributed by atoms with Crippen LogP contribution in [0.25, 0.3) is 0 Å². The molecule has 0 aromatic heterocycles. The van der Waals surface area contributed by atoms with E-state index in [9.17, 15) is 19.2 Å². The molecule has 0 radical (unpaired) electrons. The Bertz CT molecular complexity index is 2750. The van der Waals surface area contributed by atoms with Gasteiger partial charge in [0.2, 0.25) is 18.0 Å². The third-order valence-corrected chi connectivity index (χ3v) is 15.7. The van der Waals surface area contributed by atoms with E-state index < -0.39 is 36.1 Å². The molecule has 0 spiro atoms. The highest BCUT2D eigenvalue weighted by atomic mass is 127. The predicted octanol–water partition coefficient (Wildman–Crippen LogP) is 2.34. The quantitative estimate of drug-likeness (QED) is 0.0243. The zero-order valence-corrected chi connectivity index (χ0v) is 54.2. The van der Waals surface area contributed by atoms with Crippen molar-refractivity contribution in [3.8, 4) is 51.7 Å². The van der Waals surface area contributed by atoms with E-state index in [1.165, 1.54) is 0 Å². The molecule has 4 aromatic carbocycles. The first-order chi connectivity index (χ1) is 38.5. The molecule has 2 aliphatic rings. The van der Waals surface area contributed by atoms with Crippen LogP contribution < -0.4 is 90.6 Å². The van der Waals surface area contributed by atoms with Crippen molar-refractivity contribution in [3.05, 3.63) is 88.0 Å². The van der Waals surface area contributed by atoms with E-state index in [2.05, 4.69) is 14.1 Å². The molecule has 0 bridgehead atoms. The summed E-state index contributed by atoms with van der Waals surface area (Å²) in [4.78, 5) is 54.7. The molecule has 0 fully saturated rings. The number of carbonyl (C=O) groups is 4. The molecule has 82 heavy (non-hydrogen) atoms. The Kier molecular flexibility index (Phi) is 27.2. The standard InChI is InChI=1S/C61H84N2O17.2HI/c1-14-77-60(66)55(37-62(3)26-24-41-33-49(70-7)51(72-9)35-43(41)45(62)28-39-22-23-47(68-5)48(30-39)69-6)79-57(64)20-18-16-17-19-21-58(65)80-56(61(67)78-15-2)38-63(4)27-25-42-34-50(71-8)52(73-10)36-44(42)46(63)29-40-31-53(74-11)59(76-13)54(32-40)75-12;;/h22-23,30-36,45-46,55-56H,14-21,24-29,37-38H2,1-13H3;2*1H/q+2;;/p-2/t45?,46-,55?,56?,62-,63?;;/m1../s1. The lowest BCUT2D eigenvalue weighted by atomic mass is 9.85. The van der Waals surface area contributed by atoms with Gasteiger partial charge in [0.1, 0.15) is 25.2 Å². The number of halogens is 2. The predicted molar refractivity (Wildman–Crippen MR) is 298 cm³/mol. The van der Waals surface area contributed by atoms with Gasteiger partial charge in [0.25, 0.3) is 0 Å². The van der Waals surface area contributed by atoms with E-state index >= 15 is 0 Å². The molecule has 6 atom stereocenters. The smallest absolute Gasteiger partial charge is 0.353 e. The molecule has 4 aromatic rings. The summed E-state index contributed by atoms with van der Waals surface area (Å²) >= 11 is 0. The van der Waals surface area contributed by atoms with Crippen LogP contribution in [0.1, 0.15) is 97.8 Å². The SMILES string of the molecule is CCOC(=O)C(C[N+]1(C)CCc2cc(OC)c(OC)cc2[C@H]1Cc1cc(OC)c(OC)c(OC)c1)OC(=O)CCCCCCC(=O)OC(C[N@@+]1(C)CCc2cc(OC)c(OC)cc2C1Cc1ccc(OC)c(OC)c1)C(=O)OCC.[I-].[I-]. The Labute approximate surface area is 517 Å². The Morgan fingerprint density at radius 2 is 0.829 bits per heavy atom. The van der Waals surface area contributed by atoms with Gasteiger partial charge < -0.3 is 118 Å². The van der Waals surface area contributed by atoms with Gasteiger partial charge in [0.15, 0.2) is 46.0 Å². The van der Waals surface area contributed by atoms with Gasteiger partial charge in [-0.1, -0.05) is 18.9 Å². The van der Waals surface area contributed by atoms with Crippen molar-refractivity contribution < 1.29 is 138 Å². The molecular formula is C61H84I2N2O17. The highest BCUT2D eigenvalue weighted by molar-refractivity contribution is 5.80. The number of likely N-dealkylation sites (N-methyl/N-ethyl adjacent to an activating group) is 2. The van der Waals surface area contributed by atoms with Crippen molar-refractivity contribution in [2.24, 2.45) is 0 Å². The summed E-state index contributed by atoms with van der Waals surface area (Å²) < 4.78 is 74.9. The first-order valence-corrected chi connectivity index (χ1v) is 27.4. The number of methoxy groups -OCH3 is 9. The van der Waals surface area contributed by atoms with Crippen LogP contribution >= 0.6 is 0 Å². The molecular weight excluding hydrogens is 1290 g/mol. The highest BCUT2D eigenvalue weighted by Gasteiger charge is 2.46. The Balaban J connectivity index is 0.00000722. The van der Waals surface area contributed by atoms with E-state index in [-0.39, 0.29) is 99.2 Å². The van der Waals surface area contributed by atoms with Crippen LogP contribution in [-0.4, -0.2) is 163 Å². The van der Waals surface area contributed by atoms with Crippen molar-refractivity contribution in [1.82, 2.24) is 0 Å². The minimum atomic E-state index is -1.20. The molecule has 2 heterocycles. The van der Waals surface area contributed by atoms with Crippen LogP contribution in [0.4, 0.5) is 0 Å². The third kappa shape index (κ3) is 16.8. The summed E-state index contributed by atoms with van der Waals surface area (Å²) in [5, 5.41) is 0. The molecule has 454 valence electrons. The van der Waals surface area contributed by atoms with Crippen LogP contribution in [0, 0.1) is 0 Å². The topological polar surface area (TPSA) is 188 Å². The van der Waals surface area contributed by atoms with Crippen LogP contribution in [0.15, 0.2) is 54.6 Å². The average Bonchev–Trinajstić information content (AvgIpc) is 3.47. The zero-order chi connectivity index (χ0) is 58.1. The number of rotatable bonds is 30. The fraction of sp³-hybridized carbons (Fsp3) is 0.541. The molecule has 0 saturated carbocycles. The number of unbranched alkanes of at least 4 members (excludes halogenated alkanes) is 3. The maximum Gasteiger partial charge on any atom is 0.353 e. The lowest BCUT2D eigenvalue weighted by Crippen LogP contribution is -3.00. The maximum absolute atomic E-state index is 13.7. The minimum absolute atomic E-state index is 0. The third-order valence-electron chi connectivity index (χ3n) is 15.7. The van der Waals surface area contributed by atoms with Crippen LogP contribution in [0.3, 0.4) is 0 Å². The van der Waals surface area contributed by atoms with E-state index in [0.717, 1.165) is 33.4 Å². The number of carbonyl (C=O) groups excluding carboxylic acids is 4. The summed E-state index contributed by atoms with van der Waals surface area (Å²) in [6, 6.07) is 17.2. The largest absolute Gasteiger partial charge is 1.00 e. The average molecular weight is 1370 g/mol. The fourth-order valence-electron chi connectivity index (χ4n) is 11.3. The molecule has 2 aliphatic heterocycles. The van der Waals surface area contributed by atoms with Crippen LogP contribution in [0.2, 0.25) is 0 Å². The van der Waals surface area contributed by atoms with Crippen molar-refractivity contribution in [2.75, 3.05) is 117 Å². The van der Waals surface area contributed by atoms with Gasteiger partial charge in [0.05, 0.1) is 104 Å². The molecule has 0 saturated heterocycles. The van der Waals surface area contributed by atoms with Gasteiger partial charge >= 0.3 is 23.9 Å². The van der Waals surface area contributed by atoms with Gasteiger partial charge in [-0.3, -0.25) is 9.59 Å². The van der Waals surface area contributed by atoms with E-state index in [0.29, 0.717) is 125 Å². The number of benzene rings is 4. The Morgan fingerprint density at radius 1 is 0.463 bits per heavy atom. The summed E-state index contributed by atoms with van der Waals surface area (Å²) in [6.07, 6.45) is 2.20. The van der Waals surface area contributed by atoms with Crippen molar-refractivity contribution in [2.45, 2.75) is 102 Å². The minimum Gasteiger partial charge on any atom is -1.00 e. The van der Waals surface area contributed by atoms with Gasteiger partial charge in [-0.2, -0.15) is 0 Å². The number of nitrogens with zero attached hydrogens (tertiary/aromatic N) is 2. The Hall–Kier alpha value is -5.66. The molecule has 19 nitrogen and oxygen atoms in total. The number of esters is 4. The highest BCUT2D eigenvalue weighted by Crippen LogP contribution is 2.47. The van der Waals surface area contributed by atoms with Crippen LogP contribution in [0.5, 0.6) is 51.7 Å². The summed E-state index contributed by atoms with van der Waals surface area (Å²) in [5.41, 5.74) is 6.09. The molecule has 4 unspecified atom stereocenters. The second kappa shape index (κ2) is 32.4.